The zero-order valence-corrected chi connectivity index (χ0v) is 23.1. The van der Waals surface area contributed by atoms with Crippen molar-refractivity contribution >= 4 is 17.9 Å². The molecule has 0 saturated heterocycles. The van der Waals surface area contributed by atoms with Gasteiger partial charge in [0, 0.05) is 17.2 Å². The lowest BCUT2D eigenvalue weighted by Crippen LogP contribution is -2.50. The Labute approximate surface area is 196 Å². The number of hydrogen-bond donors (Lipinski definition) is 3. The van der Waals surface area contributed by atoms with E-state index < -0.39 is 23.4 Å². The molecule has 0 aromatic carbocycles. The number of hydrazone groups is 1. The number of hydrogen-bond acceptors (Lipinski definition) is 6. The second-order valence-corrected chi connectivity index (χ2v) is 11.9. The first kappa shape index (κ1) is 32.4. The summed E-state index contributed by atoms with van der Waals surface area (Å²) in [4.78, 5) is 22.8. The molecule has 8 heteroatoms. The lowest BCUT2D eigenvalue weighted by atomic mass is 9.86. The Morgan fingerprint density at radius 2 is 1.22 bits per heavy atom. The molecular weight excluding hydrogens is 408 g/mol. The van der Waals surface area contributed by atoms with E-state index in [1.54, 1.807) is 0 Å². The molecule has 32 heavy (non-hydrogen) atoms. The molecule has 0 radical (unpaired) electrons. The van der Waals surface area contributed by atoms with E-state index in [1.807, 2.05) is 48.5 Å². The first-order chi connectivity index (χ1) is 14.1. The van der Waals surface area contributed by atoms with Crippen LogP contribution < -0.4 is 16.3 Å². The third-order valence-corrected chi connectivity index (χ3v) is 4.08. The van der Waals surface area contributed by atoms with Crippen LogP contribution in [-0.4, -0.2) is 35.1 Å². The van der Waals surface area contributed by atoms with Gasteiger partial charge in [0.2, 0.25) is 0 Å². The number of nitrogens with one attached hydrogen (secondary N) is 3. The summed E-state index contributed by atoms with van der Waals surface area (Å²) in [5, 5.41) is 4.09. The summed E-state index contributed by atoms with van der Waals surface area (Å²) in [6, 6.07) is 0.222. The van der Waals surface area contributed by atoms with Crippen LogP contribution in [0.4, 0.5) is 9.59 Å². The molecule has 0 bridgehead atoms. The molecule has 0 saturated carbocycles. The van der Waals surface area contributed by atoms with E-state index in [9.17, 15) is 9.59 Å². The second-order valence-electron chi connectivity index (χ2n) is 11.9. The molecule has 0 rings (SSSR count). The predicted molar refractivity (Wildman–Crippen MR) is 133 cm³/mol. The number of carbonyl (C=O) groups is 2. The molecule has 0 spiro atoms. The molecule has 3 N–H and O–H groups in total. The maximum atomic E-state index is 11.4. The fourth-order valence-corrected chi connectivity index (χ4v) is 2.57. The van der Waals surface area contributed by atoms with Gasteiger partial charge in [0.15, 0.2) is 0 Å². The van der Waals surface area contributed by atoms with E-state index in [4.69, 9.17) is 9.47 Å². The van der Waals surface area contributed by atoms with Crippen molar-refractivity contribution < 1.29 is 19.1 Å². The molecule has 0 heterocycles. The molecule has 8 nitrogen and oxygen atoms in total. The topological polar surface area (TPSA) is 101 Å². The van der Waals surface area contributed by atoms with Gasteiger partial charge in [-0.25, -0.2) is 20.4 Å². The monoisotopic (exact) mass is 458 g/mol. The minimum absolute atomic E-state index is 0.0379. The fourth-order valence-electron chi connectivity index (χ4n) is 2.57. The van der Waals surface area contributed by atoms with Crippen LogP contribution in [0.15, 0.2) is 5.10 Å². The third kappa shape index (κ3) is 17.8. The van der Waals surface area contributed by atoms with Crippen LogP contribution in [0.25, 0.3) is 0 Å². The highest BCUT2D eigenvalue weighted by atomic mass is 16.6. The standard InChI is InChI=1S/C12H26N2O2.C12H24N2O2/c2*1-8-9(11(2,3)4)13-14-10(15)16-12(5,6)7/h9,13H,8H2,1-7H3,(H,14,15);8H2,1-7H3,(H,14,15)/b;13-9+. The zero-order valence-electron chi connectivity index (χ0n) is 23.1. The molecular formula is C24H50N4O4. The van der Waals surface area contributed by atoms with Crippen molar-refractivity contribution in [3.63, 3.8) is 0 Å². The number of hydrazine groups is 1. The van der Waals surface area contributed by atoms with E-state index in [0.29, 0.717) is 0 Å². The molecule has 0 fully saturated rings. The molecule has 0 aliphatic carbocycles. The van der Waals surface area contributed by atoms with Gasteiger partial charge >= 0.3 is 12.2 Å². The smallest absolute Gasteiger partial charge is 0.428 e. The summed E-state index contributed by atoms with van der Waals surface area (Å²) >= 11 is 0. The van der Waals surface area contributed by atoms with Crippen LogP contribution in [0.1, 0.15) is 110 Å². The quantitative estimate of drug-likeness (QED) is 0.338. The summed E-state index contributed by atoms with van der Waals surface area (Å²) < 4.78 is 10.2. The Hall–Kier alpha value is -1.83. The fraction of sp³-hybridized carbons (Fsp3) is 0.875. The van der Waals surface area contributed by atoms with Gasteiger partial charge < -0.3 is 9.47 Å². The number of nitrogens with zero attached hydrogens (tertiary/aromatic N) is 1. The first-order valence-electron chi connectivity index (χ1n) is 11.4. The Bertz CT molecular complexity index is 603. The van der Waals surface area contributed by atoms with Crippen LogP contribution in [0, 0.1) is 10.8 Å². The maximum Gasteiger partial charge on any atom is 0.428 e. The molecule has 1 atom stereocenters. The van der Waals surface area contributed by atoms with Gasteiger partial charge in [-0.15, -0.1) is 0 Å². The highest BCUT2D eigenvalue weighted by molar-refractivity contribution is 5.89. The largest absolute Gasteiger partial charge is 0.443 e. The Balaban J connectivity index is 0. The van der Waals surface area contributed by atoms with E-state index in [2.05, 4.69) is 69.8 Å². The average Bonchev–Trinajstić information content (AvgIpc) is 2.50. The second kappa shape index (κ2) is 13.0. The van der Waals surface area contributed by atoms with Crippen molar-refractivity contribution in [3.8, 4) is 0 Å². The summed E-state index contributed by atoms with van der Waals surface area (Å²) in [7, 11) is 0. The van der Waals surface area contributed by atoms with Gasteiger partial charge in [-0.3, -0.25) is 5.43 Å². The van der Waals surface area contributed by atoms with Gasteiger partial charge in [0.1, 0.15) is 11.2 Å². The molecule has 0 aromatic heterocycles. The summed E-state index contributed by atoms with van der Waals surface area (Å²) in [5.41, 5.74) is 8.07. The van der Waals surface area contributed by atoms with Crippen molar-refractivity contribution in [3.05, 3.63) is 0 Å². The highest BCUT2D eigenvalue weighted by Crippen LogP contribution is 2.21. The van der Waals surface area contributed by atoms with Gasteiger partial charge in [0.25, 0.3) is 0 Å². The van der Waals surface area contributed by atoms with Crippen molar-refractivity contribution in [1.82, 2.24) is 16.3 Å². The minimum Gasteiger partial charge on any atom is -0.443 e. The lowest BCUT2D eigenvalue weighted by molar-refractivity contribution is 0.0466. The molecule has 2 amide bonds. The Morgan fingerprint density at radius 1 is 0.781 bits per heavy atom. The average molecular weight is 459 g/mol. The highest BCUT2D eigenvalue weighted by Gasteiger charge is 2.24. The van der Waals surface area contributed by atoms with Crippen molar-refractivity contribution in [1.29, 1.82) is 0 Å². The van der Waals surface area contributed by atoms with E-state index in [-0.39, 0.29) is 16.9 Å². The van der Waals surface area contributed by atoms with E-state index >= 15 is 0 Å². The van der Waals surface area contributed by atoms with E-state index in [1.165, 1.54) is 0 Å². The molecule has 0 aliphatic rings. The van der Waals surface area contributed by atoms with E-state index in [0.717, 1.165) is 18.6 Å². The number of carbonyl (C=O) groups excluding carboxylic acids is 2. The summed E-state index contributed by atoms with van der Waals surface area (Å²) in [5.74, 6) is 0. The van der Waals surface area contributed by atoms with Gasteiger partial charge in [0.05, 0.1) is 0 Å². The molecule has 1 unspecified atom stereocenters. The Morgan fingerprint density at radius 3 is 1.53 bits per heavy atom. The summed E-state index contributed by atoms with van der Waals surface area (Å²) in [6.07, 6.45) is 0.802. The normalized spacial score (nSPS) is 14.0. The van der Waals surface area contributed by atoms with Crippen LogP contribution in [0.5, 0.6) is 0 Å². The molecule has 0 aromatic rings. The van der Waals surface area contributed by atoms with Crippen LogP contribution in [0.3, 0.4) is 0 Å². The Kier molecular flexibility index (Phi) is 13.2. The van der Waals surface area contributed by atoms with Gasteiger partial charge in [-0.2, -0.15) is 5.10 Å². The zero-order chi connectivity index (χ0) is 26.0. The minimum atomic E-state index is -0.511. The predicted octanol–water partition coefficient (Wildman–Crippen LogP) is 6.16. The lowest BCUT2D eigenvalue weighted by Gasteiger charge is -2.31. The van der Waals surface area contributed by atoms with Crippen molar-refractivity contribution in [2.75, 3.05) is 0 Å². The molecule has 190 valence electrons. The van der Waals surface area contributed by atoms with Crippen molar-refractivity contribution in [2.45, 2.75) is 127 Å². The summed E-state index contributed by atoms with van der Waals surface area (Å²) in [6.45, 7) is 27.7. The van der Waals surface area contributed by atoms with Crippen LogP contribution in [-0.2, 0) is 9.47 Å². The van der Waals surface area contributed by atoms with Crippen LogP contribution >= 0.6 is 0 Å². The maximum absolute atomic E-state index is 11.4. The molecule has 0 aliphatic heterocycles. The van der Waals surface area contributed by atoms with Gasteiger partial charge in [-0.05, 0) is 59.8 Å². The first-order valence-corrected chi connectivity index (χ1v) is 11.4. The SMILES string of the molecule is CC/C(=N\NC(=O)OC(C)(C)C)C(C)(C)C.CCC(NNC(=O)OC(C)(C)C)C(C)(C)C. The third-order valence-electron chi connectivity index (χ3n) is 4.08. The van der Waals surface area contributed by atoms with Crippen molar-refractivity contribution in [2.24, 2.45) is 15.9 Å². The number of ether oxygens (including phenoxy) is 2. The van der Waals surface area contributed by atoms with Crippen LogP contribution in [0.2, 0.25) is 0 Å². The number of amides is 2. The van der Waals surface area contributed by atoms with Gasteiger partial charge in [-0.1, -0.05) is 55.4 Å². The number of rotatable bonds is 5.